The third kappa shape index (κ3) is 2.73. The molecule has 3 aromatic rings. The fourth-order valence-corrected chi connectivity index (χ4v) is 3.00. The fourth-order valence-electron chi connectivity index (χ4n) is 3.00. The summed E-state index contributed by atoms with van der Waals surface area (Å²) < 4.78 is 5.26. The van der Waals surface area contributed by atoms with Gasteiger partial charge in [0.15, 0.2) is 0 Å². The second kappa shape index (κ2) is 6.11. The van der Waals surface area contributed by atoms with Crippen LogP contribution in [0.15, 0.2) is 74.5 Å². The summed E-state index contributed by atoms with van der Waals surface area (Å²) in [5.41, 5.74) is 3.50. The summed E-state index contributed by atoms with van der Waals surface area (Å²) in [5.74, 6) is -0.220. The Morgan fingerprint density at radius 2 is 1.77 bits per heavy atom. The van der Waals surface area contributed by atoms with Gasteiger partial charge in [-0.2, -0.15) is 10.1 Å². The maximum atomic E-state index is 12.9. The minimum atomic E-state index is -0.451. The van der Waals surface area contributed by atoms with Gasteiger partial charge in [-0.1, -0.05) is 29.8 Å². The molecule has 1 amide bonds. The Kier molecular flexibility index (Phi) is 3.77. The van der Waals surface area contributed by atoms with E-state index in [9.17, 15) is 9.59 Å². The van der Waals surface area contributed by atoms with Crippen molar-refractivity contribution < 1.29 is 9.21 Å². The third-order valence-corrected chi connectivity index (χ3v) is 4.29. The van der Waals surface area contributed by atoms with Gasteiger partial charge in [-0.25, -0.2) is 4.79 Å². The minimum absolute atomic E-state index is 0.220. The van der Waals surface area contributed by atoms with Crippen LogP contribution in [-0.2, 0) is 4.79 Å². The number of benzene rings is 2. The highest BCUT2D eigenvalue weighted by atomic mass is 16.4. The molecule has 1 aliphatic heterocycles. The summed E-state index contributed by atoms with van der Waals surface area (Å²) in [4.78, 5) is 24.7. The zero-order valence-electron chi connectivity index (χ0n) is 14.4. The molecule has 0 bridgehead atoms. The monoisotopic (exact) mass is 344 g/mol. The van der Waals surface area contributed by atoms with Crippen molar-refractivity contribution in [3.63, 3.8) is 0 Å². The first-order valence-electron chi connectivity index (χ1n) is 8.24. The highest BCUT2D eigenvalue weighted by molar-refractivity contribution is 6.32. The first kappa shape index (κ1) is 16.0. The van der Waals surface area contributed by atoms with E-state index in [1.54, 1.807) is 19.1 Å². The van der Waals surface area contributed by atoms with Gasteiger partial charge in [-0.3, -0.25) is 4.79 Å². The molecule has 0 unspecified atom stereocenters. The van der Waals surface area contributed by atoms with Crippen molar-refractivity contribution in [2.24, 2.45) is 5.10 Å². The Labute approximate surface area is 149 Å². The smallest absolute Gasteiger partial charge is 0.336 e. The van der Waals surface area contributed by atoms with E-state index in [1.165, 1.54) is 11.1 Å². The van der Waals surface area contributed by atoms with E-state index in [4.69, 9.17) is 4.42 Å². The van der Waals surface area contributed by atoms with Crippen molar-refractivity contribution in [3.8, 4) is 0 Å². The molecule has 0 N–H and O–H groups in total. The van der Waals surface area contributed by atoms with E-state index in [2.05, 4.69) is 5.10 Å². The minimum Gasteiger partial charge on any atom is -0.423 e. The number of carbonyl (C=O) groups excluding carboxylic acids is 1. The Morgan fingerprint density at radius 3 is 2.54 bits per heavy atom. The number of hydrogen-bond acceptors (Lipinski definition) is 4. The van der Waals surface area contributed by atoms with Crippen molar-refractivity contribution in [3.05, 3.63) is 81.7 Å². The number of para-hydroxylation sites is 1. The number of nitrogens with zero attached hydrogens (tertiary/aromatic N) is 2. The molecular weight excluding hydrogens is 328 g/mol. The second-order valence-corrected chi connectivity index (χ2v) is 6.22. The molecule has 5 nitrogen and oxygen atoms in total. The molecule has 0 spiro atoms. The highest BCUT2D eigenvalue weighted by Gasteiger charge is 2.28. The summed E-state index contributed by atoms with van der Waals surface area (Å²) in [6.07, 6.45) is 1.71. The van der Waals surface area contributed by atoms with Crippen LogP contribution in [0.3, 0.4) is 0 Å². The van der Waals surface area contributed by atoms with E-state index in [0.29, 0.717) is 28.1 Å². The molecule has 26 heavy (non-hydrogen) atoms. The molecule has 1 aromatic heterocycles. The molecule has 0 radical (unpaired) electrons. The molecule has 128 valence electrons. The number of amides is 1. The van der Waals surface area contributed by atoms with Crippen LogP contribution in [0.2, 0.25) is 0 Å². The number of fused-ring (bicyclic) bond motifs is 1. The van der Waals surface area contributed by atoms with Crippen molar-refractivity contribution in [2.45, 2.75) is 13.8 Å². The van der Waals surface area contributed by atoms with Gasteiger partial charge < -0.3 is 4.42 Å². The van der Waals surface area contributed by atoms with E-state index >= 15 is 0 Å². The average Bonchev–Trinajstić information content (AvgIpc) is 2.91. The molecule has 0 saturated carbocycles. The number of hydrazone groups is 1. The zero-order chi connectivity index (χ0) is 18.3. The number of carbonyl (C=O) groups is 1. The summed E-state index contributed by atoms with van der Waals surface area (Å²) >= 11 is 0. The summed E-state index contributed by atoms with van der Waals surface area (Å²) in [5, 5.41) is 6.53. The Balaban J connectivity index is 1.84. The van der Waals surface area contributed by atoms with Gasteiger partial charge in [0.1, 0.15) is 5.58 Å². The van der Waals surface area contributed by atoms with Crippen LogP contribution in [0.5, 0.6) is 0 Å². The number of hydrogen-bond donors (Lipinski definition) is 0. The van der Waals surface area contributed by atoms with Crippen molar-refractivity contribution in [1.29, 1.82) is 0 Å². The molecule has 1 aliphatic rings. The molecule has 0 atom stereocenters. The van der Waals surface area contributed by atoms with Gasteiger partial charge in [0, 0.05) is 11.5 Å². The lowest BCUT2D eigenvalue weighted by molar-refractivity contribution is -0.114. The first-order valence-corrected chi connectivity index (χ1v) is 8.24. The summed E-state index contributed by atoms with van der Waals surface area (Å²) in [6.45, 7) is 3.75. The van der Waals surface area contributed by atoms with E-state index in [0.717, 1.165) is 10.9 Å². The average molecular weight is 344 g/mol. The number of rotatable bonds is 2. The second-order valence-electron chi connectivity index (χ2n) is 6.22. The van der Waals surface area contributed by atoms with Gasteiger partial charge in [0.2, 0.25) is 0 Å². The quantitative estimate of drug-likeness (QED) is 0.523. The van der Waals surface area contributed by atoms with Crippen LogP contribution in [-0.4, -0.2) is 11.6 Å². The van der Waals surface area contributed by atoms with Gasteiger partial charge in [0.05, 0.1) is 17.0 Å². The summed E-state index contributed by atoms with van der Waals surface area (Å²) in [6, 6.07) is 16.2. The lowest BCUT2D eigenvalue weighted by atomic mass is 10.0. The maximum absolute atomic E-state index is 12.9. The Bertz CT molecular complexity index is 1140. The Morgan fingerprint density at radius 1 is 1.00 bits per heavy atom. The lowest BCUT2D eigenvalue weighted by Crippen LogP contribution is -2.21. The maximum Gasteiger partial charge on any atom is 0.336 e. The Hall–Kier alpha value is -3.47. The van der Waals surface area contributed by atoms with Gasteiger partial charge in [-0.05, 0) is 49.8 Å². The summed E-state index contributed by atoms with van der Waals surface area (Å²) in [7, 11) is 0. The molecule has 0 aliphatic carbocycles. The van der Waals surface area contributed by atoms with Crippen LogP contribution in [0, 0.1) is 6.92 Å². The van der Waals surface area contributed by atoms with Gasteiger partial charge >= 0.3 is 5.63 Å². The number of anilines is 1. The van der Waals surface area contributed by atoms with Crippen LogP contribution in [0.4, 0.5) is 5.69 Å². The number of aryl methyl sites for hydroxylation is 1. The van der Waals surface area contributed by atoms with Crippen LogP contribution in [0.1, 0.15) is 18.1 Å². The molecule has 2 aromatic carbocycles. The first-order chi connectivity index (χ1) is 12.5. The zero-order valence-corrected chi connectivity index (χ0v) is 14.4. The topological polar surface area (TPSA) is 62.9 Å². The fraction of sp³-hybridized carbons (Fsp3) is 0.0952. The molecule has 5 heteroatoms. The van der Waals surface area contributed by atoms with Crippen LogP contribution < -0.4 is 10.6 Å². The largest absolute Gasteiger partial charge is 0.423 e. The van der Waals surface area contributed by atoms with Crippen molar-refractivity contribution >= 4 is 34.4 Å². The van der Waals surface area contributed by atoms with Gasteiger partial charge in [0.25, 0.3) is 5.91 Å². The van der Waals surface area contributed by atoms with Crippen molar-refractivity contribution in [2.75, 3.05) is 5.01 Å². The molecule has 0 saturated heterocycles. The standard InChI is InChI=1S/C21H16N2O3/c1-13-8-9-19-18(10-13)15(12-20(24)26-19)11-17-14(2)22-23(21(17)25)16-6-4-3-5-7-16/h3-12H,1-2H3/b17-11-. The van der Waals surface area contributed by atoms with E-state index < -0.39 is 5.63 Å². The van der Waals surface area contributed by atoms with E-state index in [-0.39, 0.29) is 5.91 Å². The predicted octanol–water partition coefficient (Wildman–Crippen LogP) is 3.91. The molecular formula is C21H16N2O3. The predicted molar refractivity (Wildman–Crippen MR) is 102 cm³/mol. The van der Waals surface area contributed by atoms with Gasteiger partial charge in [-0.15, -0.1) is 0 Å². The molecule has 0 fully saturated rings. The van der Waals surface area contributed by atoms with Crippen molar-refractivity contribution in [1.82, 2.24) is 0 Å². The lowest BCUT2D eigenvalue weighted by Gasteiger charge is -2.11. The normalized spacial score (nSPS) is 15.8. The molecule has 2 heterocycles. The molecule has 4 rings (SSSR count). The SMILES string of the molecule is CC1=NN(c2ccccc2)C(=O)/C1=C\c1cc(=O)oc2ccc(C)cc12. The van der Waals surface area contributed by atoms with E-state index in [1.807, 2.05) is 49.4 Å². The van der Waals surface area contributed by atoms with Crippen LogP contribution in [0.25, 0.3) is 17.0 Å². The highest BCUT2D eigenvalue weighted by Crippen LogP contribution is 2.27. The third-order valence-electron chi connectivity index (χ3n) is 4.29. The van der Waals surface area contributed by atoms with Crippen LogP contribution >= 0.6 is 0 Å².